The molecule has 0 fully saturated rings. The predicted octanol–water partition coefficient (Wildman–Crippen LogP) is 3.64. The molecule has 0 amide bonds. The molecule has 0 radical (unpaired) electrons. The highest BCUT2D eigenvalue weighted by atomic mass is 32.2. The van der Waals surface area contributed by atoms with Crippen LogP contribution < -0.4 is 14.5 Å². The molecule has 0 bridgehead atoms. The number of hydrogen-bond donors (Lipinski definition) is 0. The van der Waals surface area contributed by atoms with Gasteiger partial charge in [-0.25, -0.2) is 4.68 Å². The average molecular weight is 360 g/mol. The summed E-state index contributed by atoms with van der Waals surface area (Å²) in [5, 5.41) is 15.6. The summed E-state index contributed by atoms with van der Waals surface area (Å²) in [4.78, 5) is 0. The first-order valence-corrected chi connectivity index (χ1v) is 9.78. The fourth-order valence-electron chi connectivity index (χ4n) is 3.07. The number of benzene rings is 1. The highest BCUT2D eigenvalue weighted by Gasteiger charge is 2.39. The van der Waals surface area contributed by atoms with Gasteiger partial charge in [0, 0.05) is 11.8 Å². The van der Waals surface area contributed by atoms with E-state index in [-0.39, 0.29) is 5.37 Å². The van der Waals surface area contributed by atoms with Crippen molar-refractivity contribution in [3.63, 3.8) is 0 Å². The third-order valence-corrected chi connectivity index (χ3v) is 6.46. The molecule has 24 heavy (non-hydrogen) atoms. The van der Waals surface area contributed by atoms with Crippen molar-refractivity contribution in [1.82, 2.24) is 14.9 Å². The maximum atomic E-state index is 5.54. The number of aryl methyl sites for hydroxylation is 1. The first-order valence-electron chi connectivity index (χ1n) is 8.02. The fraction of sp³-hybridized carbons (Fsp3) is 0.375. The molecule has 8 heteroatoms. The molecule has 6 nitrogen and oxygen atoms in total. The van der Waals surface area contributed by atoms with E-state index < -0.39 is 0 Å². The summed E-state index contributed by atoms with van der Waals surface area (Å²) < 4.78 is 13.1. The molecule has 3 aliphatic heterocycles. The van der Waals surface area contributed by atoms with E-state index in [0.717, 1.165) is 41.7 Å². The second kappa shape index (κ2) is 5.63. The summed E-state index contributed by atoms with van der Waals surface area (Å²) in [6.45, 7) is 2.50. The van der Waals surface area contributed by atoms with Crippen LogP contribution in [0.5, 0.6) is 11.5 Å². The Balaban J connectivity index is 1.51. The van der Waals surface area contributed by atoms with Gasteiger partial charge in [0.25, 0.3) is 0 Å². The number of rotatable bonds is 4. The first kappa shape index (κ1) is 14.5. The van der Waals surface area contributed by atoms with Crippen LogP contribution in [0.2, 0.25) is 0 Å². The molecule has 124 valence electrons. The van der Waals surface area contributed by atoms with Gasteiger partial charge in [-0.05, 0) is 35.9 Å². The van der Waals surface area contributed by atoms with Crippen molar-refractivity contribution in [2.24, 2.45) is 0 Å². The number of ether oxygens (including phenoxy) is 2. The smallest absolute Gasteiger partial charge is 0.231 e. The molecule has 1 aromatic carbocycles. The maximum absolute atomic E-state index is 5.54. The van der Waals surface area contributed by atoms with Gasteiger partial charge in [-0.3, -0.25) is 5.01 Å². The lowest BCUT2D eigenvalue weighted by molar-refractivity contribution is 0.174. The van der Waals surface area contributed by atoms with E-state index in [1.54, 1.807) is 23.5 Å². The molecule has 2 aromatic rings. The SMILES string of the molecule is CCCCc1nnc2n1N1C(=CSC1c1ccc3c(c1)OCO3)S2. The van der Waals surface area contributed by atoms with E-state index in [2.05, 4.69) is 44.3 Å². The Morgan fingerprint density at radius 2 is 2.17 bits per heavy atom. The van der Waals surface area contributed by atoms with Gasteiger partial charge in [0.15, 0.2) is 17.3 Å². The maximum Gasteiger partial charge on any atom is 0.231 e. The van der Waals surface area contributed by atoms with Crippen LogP contribution in [-0.2, 0) is 6.42 Å². The van der Waals surface area contributed by atoms with Crippen molar-refractivity contribution in [3.8, 4) is 11.5 Å². The van der Waals surface area contributed by atoms with Gasteiger partial charge in [0.05, 0.1) is 0 Å². The van der Waals surface area contributed by atoms with Gasteiger partial charge in [-0.15, -0.1) is 10.2 Å². The molecule has 4 heterocycles. The first-order chi connectivity index (χ1) is 11.8. The third kappa shape index (κ3) is 2.12. The van der Waals surface area contributed by atoms with Gasteiger partial charge >= 0.3 is 0 Å². The highest BCUT2D eigenvalue weighted by Crippen LogP contribution is 2.52. The Hall–Kier alpha value is -1.80. The minimum Gasteiger partial charge on any atom is -0.454 e. The Morgan fingerprint density at radius 3 is 3.08 bits per heavy atom. The van der Waals surface area contributed by atoms with Crippen molar-refractivity contribution in [3.05, 3.63) is 40.0 Å². The lowest BCUT2D eigenvalue weighted by Crippen LogP contribution is -2.30. The highest BCUT2D eigenvalue weighted by molar-refractivity contribution is 8.07. The Kier molecular flexibility index (Phi) is 3.41. The summed E-state index contributed by atoms with van der Waals surface area (Å²) in [6, 6.07) is 6.18. The number of thioether (sulfide) groups is 2. The molecule has 0 aliphatic carbocycles. The van der Waals surface area contributed by atoms with E-state index in [4.69, 9.17) is 9.47 Å². The Labute approximate surface area is 148 Å². The van der Waals surface area contributed by atoms with Crippen LogP contribution in [0.4, 0.5) is 0 Å². The van der Waals surface area contributed by atoms with Crippen LogP contribution in [0.25, 0.3) is 0 Å². The number of aromatic nitrogens is 3. The average Bonchev–Trinajstić information content (AvgIpc) is 3.33. The predicted molar refractivity (Wildman–Crippen MR) is 93.7 cm³/mol. The quantitative estimate of drug-likeness (QED) is 0.825. The van der Waals surface area contributed by atoms with Gasteiger partial charge in [-0.2, -0.15) is 0 Å². The molecule has 0 spiro atoms. The van der Waals surface area contributed by atoms with Crippen LogP contribution in [-0.4, -0.2) is 21.7 Å². The van der Waals surface area contributed by atoms with Crippen LogP contribution in [0, 0.1) is 0 Å². The number of hydrogen-bond acceptors (Lipinski definition) is 7. The molecule has 1 aromatic heterocycles. The zero-order chi connectivity index (χ0) is 16.1. The number of nitrogens with zero attached hydrogens (tertiary/aromatic N) is 4. The number of fused-ring (bicyclic) bond motifs is 4. The Morgan fingerprint density at radius 1 is 1.25 bits per heavy atom. The van der Waals surface area contributed by atoms with Gasteiger partial charge in [0.1, 0.15) is 10.4 Å². The molecular weight excluding hydrogens is 344 g/mol. The van der Waals surface area contributed by atoms with E-state index in [1.165, 1.54) is 10.6 Å². The van der Waals surface area contributed by atoms with Gasteiger partial charge in [0.2, 0.25) is 11.9 Å². The molecule has 3 aliphatic rings. The van der Waals surface area contributed by atoms with Crippen molar-refractivity contribution in [2.45, 2.75) is 36.7 Å². The zero-order valence-corrected chi connectivity index (χ0v) is 14.8. The van der Waals surface area contributed by atoms with Gasteiger partial charge < -0.3 is 9.47 Å². The molecule has 0 saturated carbocycles. The summed E-state index contributed by atoms with van der Waals surface area (Å²) in [5.41, 5.74) is 1.19. The second-order valence-corrected chi connectivity index (χ2v) is 7.76. The minimum atomic E-state index is 0.166. The van der Waals surface area contributed by atoms with E-state index in [1.807, 2.05) is 6.07 Å². The fourth-order valence-corrected chi connectivity index (χ4v) is 5.31. The van der Waals surface area contributed by atoms with Crippen molar-refractivity contribution >= 4 is 23.5 Å². The van der Waals surface area contributed by atoms with Gasteiger partial charge in [-0.1, -0.05) is 31.2 Å². The molecule has 1 unspecified atom stereocenters. The van der Waals surface area contributed by atoms with Crippen LogP contribution in [0.3, 0.4) is 0 Å². The lowest BCUT2D eigenvalue weighted by atomic mass is 10.2. The molecule has 1 atom stereocenters. The molecule has 5 rings (SSSR count). The lowest BCUT2D eigenvalue weighted by Gasteiger charge is -2.26. The molecular formula is C16H16N4O2S2. The minimum absolute atomic E-state index is 0.166. The van der Waals surface area contributed by atoms with Crippen molar-refractivity contribution in [2.75, 3.05) is 11.8 Å². The van der Waals surface area contributed by atoms with E-state index in [0.29, 0.717) is 6.79 Å². The third-order valence-electron chi connectivity index (χ3n) is 4.27. The van der Waals surface area contributed by atoms with Crippen molar-refractivity contribution in [1.29, 1.82) is 0 Å². The normalized spacial score (nSPS) is 20.3. The second-order valence-electron chi connectivity index (χ2n) is 5.82. The summed E-state index contributed by atoms with van der Waals surface area (Å²) in [6.07, 6.45) is 3.22. The van der Waals surface area contributed by atoms with Crippen molar-refractivity contribution < 1.29 is 9.47 Å². The van der Waals surface area contributed by atoms with E-state index >= 15 is 0 Å². The largest absolute Gasteiger partial charge is 0.454 e. The standard InChI is InChI=1S/C16H16N4O2S2/c1-2-3-4-13-17-18-16-19(13)20-14(24-16)8-23-15(20)10-5-6-11-12(7-10)22-9-21-11/h5-8,15H,2-4,9H2,1H3. The van der Waals surface area contributed by atoms with E-state index in [9.17, 15) is 0 Å². The van der Waals surface area contributed by atoms with Crippen LogP contribution in [0.1, 0.15) is 36.5 Å². The number of unbranched alkanes of at least 4 members (excludes halogenated alkanes) is 1. The topological polar surface area (TPSA) is 52.4 Å². The molecule has 0 saturated heterocycles. The van der Waals surface area contributed by atoms with Crippen LogP contribution >= 0.6 is 23.5 Å². The summed E-state index contributed by atoms with van der Waals surface area (Å²) >= 11 is 3.49. The van der Waals surface area contributed by atoms with Crippen LogP contribution in [0.15, 0.2) is 33.8 Å². The summed E-state index contributed by atoms with van der Waals surface area (Å²) in [7, 11) is 0. The zero-order valence-electron chi connectivity index (χ0n) is 13.1. The molecule has 0 N–H and O–H groups in total. The summed E-state index contributed by atoms with van der Waals surface area (Å²) in [5.74, 6) is 2.68. The Bertz CT molecular complexity index is 835. The monoisotopic (exact) mass is 360 g/mol.